The second kappa shape index (κ2) is 7.68. The third-order valence-corrected chi connectivity index (χ3v) is 2.79. The highest BCUT2D eigenvalue weighted by molar-refractivity contribution is 7.97. The quantitative estimate of drug-likeness (QED) is 0.700. The Morgan fingerprint density at radius 1 is 1.53 bits per heavy atom. The summed E-state index contributed by atoms with van der Waals surface area (Å²) in [4.78, 5) is 4.16. The minimum Gasteiger partial charge on any atom is -0.392 e. The van der Waals surface area contributed by atoms with Gasteiger partial charge in [0.2, 0.25) is 0 Å². The highest BCUT2D eigenvalue weighted by Gasteiger charge is 2.02. The molecule has 0 bridgehead atoms. The molecule has 3 nitrogen and oxygen atoms in total. The molecule has 0 aliphatic carbocycles. The fourth-order valence-electron chi connectivity index (χ4n) is 1.16. The molecule has 0 aliphatic heterocycles. The second-order valence-electron chi connectivity index (χ2n) is 3.41. The van der Waals surface area contributed by atoms with E-state index in [4.69, 9.17) is 0 Å². The summed E-state index contributed by atoms with van der Waals surface area (Å²) < 4.78 is 3.11. The van der Waals surface area contributed by atoms with Crippen LogP contribution < -0.4 is 4.72 Å². The number of nitrogens with zero attached hydrogens (tertiary/aromatic N) is 1. The van der Waals surface area contributed by atoms with E-state index in [1.807, 2.05) is 18.2 Å². The van der Waals surface area contributed by atoms with Crippen LogP contribution in [0.25, 0.3) is 0 Å². The lowest BCUT2D eigenvalue weighted by Crippen LogP contribution is -2.21. The largest absolute Gasteiger partial charge is 0.392 e. The van der Waals surface area contributed by atoms with E-state index in [0.717, 1.165) is 24.3 Å². The normalized spacial score (nSPS) is 12.7. The molecule has 0 radical (unpaired) electrons. The van der Waals surface area contributed by atoms with Crippen LogP contribution in [0.2, 0.25) is 0 Å². The van der Waals surface area contributed by atoms with Crippen molar-refractivity contribution in [2.24, 2.45) is 0 Å². The maximum absolute atomic E-state index is 9.56. The van der Waals surface area contributed by atoms with E-state index in [1.165, 1.54) is 11.9 Å². The topological polar surface area (TPSA) is 45.1 Å². The molecule has 1 aromatic rings. The van der Waals surface area contributed by atoms with Crippen molar-refractivity contribution in [1.29, 1.82) is 0 Å². The third kappa shape index (κ3) is 5.77. The summed E-state index contributed by atoms with van der Waals surface area (Å²) in [5.74, 6) is 0. The molecule has 1 unspecified atom stereocenters. The molecule has 84 valence electrons. The summed E-state index contributed by atoms with van der Waals surface area (Å²) in [7, 11) is 0. The van der Waals surface area contributed by atoms with Crippen molar-refractivity contribution in [3.05, 3.63) is 24.4 Å². The first-order valence-corrected chi connectivity index (χ1v) is 6.13. The van der Waals surface area contributed by atoms with Crippen molar-refractivity contribution in [3.8, 4) is 0 Å². The summed E-state index contributed by atoms with van der Waals surface area (Å²) >= 11 is 1.46. The molecule has 1 rings (SSSR count). The molecular formula is C11H18N2OS. The number of hydrogen-bond acceptors (Lipinski definition) is 4. The first-order valence-electron chi connectivity index (χ1n) is 5.31. The summed E-state index contributed by atoms with van der Waals surface area (Å²) in [5.41, 5.74) is 0. The minimum absolute atomic E-state index is 0.249. The number of aromatic nitrogens is 1. The van der Waals surface area contributed by atoms with Crippen LogP contribution in [0.1, 0.15) is 26.2 Å². The zero-order chi connectivity index (χ0) is 10.9. The molecular weight excluding hydrogens is 208 g/mol. The molecule has 0 saturated carbocycles. The van der Waals surface area contributed by atoms with E-state index in [-0.39, 0.29) is 6.10 Å². The fraction of sp³-hybridized carbons (Fsp3) is 0.545. The Bertz CT molecular complexity index is 256. The van der Waals surface area contributed by atoms with Gasteiger partial charge in [-0.05, 0) is 30.5 Å². The maximum atomic E-state index is 9.56. The van der Waals surface area contributed by atoms with Crippen molar-refractivity contribution >= 4 is 11.9 Å². The summed E-state index contributed by atoms with van der Waals surface area (Å²) in [6.45, 7) is 2.74. The van der Waals surface area contributed by atoms with Crippen LogP contribution in [-0.4, -0.2) is 22.7 Å². The maximum Gasteiger partial charge on any atom is 0.111 e. The molecule has 0 fully saturated rings. The highest BCUT2D eigenvalue weighted by Crippen LogP contribution is 2.09. The smallest absolute Gasteiger partial charge is 0.111 e. The van der Waals surface area contributed by atoms with Crippen molar-refractivity contribution in [1.82, 2.24) is 9.71 Å². The Balaban J connectivity index is 2.11. The van der Waals surface area contributed by atoms with E-state index in [1.54, 1.807) is 6.20 Å². The van der Waals surface area contributed by atoms with Gasteiger partial charge in [-0.15, -0.1) is 0 Å². The predicted molar refractivity (Wildman–Crippen MR) is 63.6 cm³/mol. The number of aliphatic hydroxyl groups excluding tert-OH is 1. The molecule has 0 aromatic carbocycles. The lowest BCUT2D eigenvalue weighted by atomic mass is 10.2. The number of nitrogens with one attached hydrogen (secondary N) is 1. The SMILES string of the molecule is CCCCC(O)CNSc1ccccn1. The molecule has 15 heavy (non-hydrogen) atoms. The van der Waals surface area contributed by atoms with Crippen LogP contribution in [0.5, 0.6) is 0 Å². The molecule has 4 heteroatoms. The lowest BCUT2D eigenvalue weighted by molar-refractivity contribution is 0.166. The first-order chi connectivity index (χ1) is 7.33. The average Bonchev–Trinajstić information content (AvgIpc) is 2.28. The number of aliphatic hydroxyl groups is 1. The molecule has 0 saturated heterocycles. The Labute approximate surface area is 95.4 Å². The van der Waals surface area contributed by atoms with E-state index < -0.39 is 0 Å². The third-order valence-electron chi connectivity index (χ3n) is 2.02. The van der Waals surface area contributed by atoms with Gasteiger partial charge in [-0.1, -0.05) is 25.8 Å². The van der Waals surface area contributed by atoms with Gasteiger partial charge >= 0.3 is 0 Å². The molecule has 1 atom stereocenters. The Morgan fingerprint density at radius 2 is 2.40 bits per heavy atom. The van der Waals surface area contributed by atoms with E-state index >= 15 is 0 Å². The number of hydrogen-bond donors (Lipinski definition) is 2. The monoisotopic (exact) mass is 226 g/mol. The number of pyridine rings is 1. The van der Waals surface area contributed by atoms with Crippen LogP contribution in [0.3, 0.4) is 0 Å². The second-order valence-corrected chi connectivity index (χ2v) is 4.33. The van der Waals surface area contributed by atoms with Gasteiger partial charge in [-0.2, -0.15) is 0 Å². The van der Waals surface area contributed by atoms with Crippen LogP contribution in [-0.2, 0) is 0 Å². The van der Waals surface area contributed by atoms with Crippen LogP contribution >= 0.6 is 11.9 Å². The summed E-state index contributed by atoms with van der Waals surface area (Å²) in [6, 6.07) is 5.78. The minimum atomic E-state index is -0.249. The standard InChI is InChI=1S/C11H18N2OS/c1-2-3-6-10(14)9-13-15-11-7-4-5-8-12-11/h4-5,7-8,10,13-14H,2-3,6,9H2,1H3. The van der Waals surface area contributed by atoms with Crippen LogP contribution in [0.4, 0.5) is 0 Å². The molecule has 1 heterocycles. The van der Waals surface area contributed by atoms with Gasteiger partial charge in [0.15, 0.2) is 0 Å². The Morgan fingerprint density at radius 3 is 3.07 bits per heavy atom. The van der Waals surface area contributed by atoms with Gasteiger partial charge in [-0.25, -0.2) is 4.98 Å². The molecule has 2 N–H and O–H groups in total. The van der Waals surface area contributed by atoms with Crippen LogP contribution in [0.15, 0.2) is 29.4 Å². The van der Waals surface area contributed by atoms with Crippen molar-refractivity contribution in [3.63, 3.8) is 0 Å². The Kier molecular flexibility index (Phi) is 6.39. The van der Waals surface area contributed by atoms with E-state index in [2.05, 4.69) is 16.6 Å². The van der Waals surface area contributed by atoms with Crippen molar-refractivity contribution in [2.45, 2.75) is 37.3 Å². The average molecular weight is 226 g/mol. The van der Waals surface area contributed by atoms with Crippen molar-refractivity contribution < 1.29 is 5.11 Å². The van der Waals surface area contributed by atoms with Gasteiger partial charge in [0.1, 0.15) is 5.03 Å². The zero-order valence-electron chi connectivity index (χ0n) is 9.02. The van der Waals surface area contributed by atoms with Gasteiger partial charge in [-0.3, -0.25) is 4.72 Å². The predicted octanol–water partition coefficient (Wildman–Crippen LogP) is 2.23. The van der Waals surface area contributed by atoms with Crippen LogP contribution in [0, 0.1) is 0 Å². The molecule has 0 amide bonds. The van der Waals surface area contributed by atoms with Gasteiger partial charge in [0.25, 0.3) is 0 Å². The van der Waals surface area contributed by atoms with Gasteiger partial charge < -0.3 is 5.11 Å². The Hall–Kier alpha value is -0.580. The first kappa shape index (κ1) is 12.5. The fourth-order valence-corrected chi connectivity index (χ4v) is 1.84. The van der Waals surface area contributed by atoms with E-state index in [0.29, 0.717) is 6.54 Å². The highest BCUT2D eigenvalue weighted by atomic mass is 32.2. The summed E-state index contributed by atoms with van der Waals surface area (Å²) in [5, 5.41) is 10.5. The molecule has 1 aromatic heterocycles. The van der Waals surface area contributed by atoms with Gasteiger partial charge in [0.05, 0.1) is 6.10 Å². The van der Waals surface area contributed by atoms with Gasteiger partial charge in [0, 0.05) is 12.7 Å². The van der Waals surface area contributed by atoms with E-state index in [9.17, 15) is 5.11 Å². The number of rotatable bonds is 7. The molecule has 0 spiro atoms. The zero-order valence-corrected chi connectivity index (χ0v) is 9.83. The number of unbranched alkanes of at least 4 members (excludes halogenated alkanes) is 1. The lowest BCUT2D eigenvalue weighted by Gasteiger charge is -2.09. The summed E-state index contributed by atoms with van der Waals surface area (Å²) in [6.07, 6.45) is 4.59. The van der Waals surface area contributed by atoms with Crippen molar-refractivity contribution in [2.75, 3.05) is 6.54 Å². The molecule has 0 aliphatic rings.